The molecule has 0 spiro atoms. The van der Waals surface area contributed by atoms with E-state index in [0.29, 0.717) is 37.1 Å². The molecule has 2 unspecified atom stereocenters. The fourth-order valence-electron chi connectivity index (χ4n) is 4.38. The van der Waals surface area contributed by atoms with E-state index in [9.17, 15) is 4.79 Å². The predicted octanol–water partition coefficient (Wildman–Crippen LogP) is 4.83. The number of hydrogen-bond donors (Lipinski definition) is 2. The lowest BCUT2D eigenvalue weighted by atomic mass is 9.92. The molecule has 2 aromatic rings. The Morgan fingerprint density at radius 2 is 1.82 bits per heavy atom. The maximum Gasteiger partial charge on any atom is 0.315 e. The smallest absolute Gasteiger partial charge is 0.315 e. The minimum absolute atomic E-state index is 0.152. The summed E-state index contributed by atoms with van der Waals surface area (Å²) >= 11 is 0. The molecule has 0 radical (unpaired) electrons. The van der Waals surface area contributed by atoms with Crippen molar-refractivity contribution < 1.29 is 14.3 Å². The van der Waals surface area contributed by atoms with Crippen molar-refractivity contribution >= 4 is 6.03 Å². The van der Waals surface area contributed by atoms with Crippen LogP contribution in [-0.2, 0) is 6.54 Å². The van der Waals surface area contributed by atoms with Gasteiger partial charge in [0.2, 0.25) is 5.88 Å². The van der Waals surface area contributed by atoms with Crippen LogP contribution in [0, 0.1) is 11.8 Å². The summed E-state index contributed by atoms with van der Waals surface area (Å²) in [6, 6.07) is 11.0. The lowest BCUT2D eigenvalue weighted by Gasteiger charge is -2.34. The first-order chi connectivity index (χ1) is 16.0. The first-order valence-corrected chi connectivity index (χ1v) is 12.1. The molecule has 1 aliphatic rings. The Kier molecular flexibility index (Phi) is 9.81. The maximum absolute atomic E-state index is 12.1. The molecular formula is C26H38N4O3. The van der Waals surface area contributed by atoms with Crippen LogP contribution in [0.4, 0.5) is 4.79 Å². The summed E-state index contributed by atoms with van der Waals surface area (Å²) in [5.41, 5.74) is 0.906. The van der Waals surface area contributed by atoms with Gasteiger partial charge in [0.15, 0.2) is 11.5 Å². The maximum atomic E-state index is 12.1. The van der Waals surface area contributed by atoms with Crippen LogP contribution >= 0.6 is 0 Å². The van der Waals surface area contributed by atoms with E-state index in [0.717, 1.165) is 36.8 Å². The number of para-hydroxylation sites is 2. The molecule has 1 saturated heterocycles. The van der Waals surface area contributed by atoms with Gasteiger partial charge in [0.05, 0.1) is 6.61 Å². The molecule has 2 N–H and O–H groups in total. The van der Waals surface area contributed by atoms with Gasteiger partial charge in [0, 0.05) is 38.4 Å². The number of urea groups is 1. The summed E-state index contributed by atoms with van der Waals surface area (Å²) in [6.07, 6.45) is 5.14. The predicted molar refractivity (Wildman–Crippen MR) is 131 cm³/mol. The molecule has 2 amide bonds. The monoisotopic (exact) mass is 454 g/mol. The molecule has 2 heterocycles. The molecule has 1 aromatic carbocycles. The minimum atomic E-state index is -0.152. The number of carbonyl (C=O) groups is 1. The molecule has 2 atom stereocenters. The number of pyridine rings is 1. The van der Waals surface area contributed by atoms with E-state index in [1.165, 1.54) is 19.5 Å². The Morgan fingerprint density at radius 1 is 1.06 bits per heavy atom. The van der Waals surface area contributed by atoms with Crippen LogP contribution in [0.3, 0.4) is 0 Å². The van der Waals surface area contributed by atoms with Gasteiger partial charge in [0.1, 0.15) is 0 Å². The lowest BCUT2D eigenvalue weighted by Crippen LogP contribution is -2.39. The molecular weight excluding hydrogens is 416 g/mol. The molecule has 33 heavy (non-hydrogen) atoms. The number of ether oxygens (including phenoxy) is 2. The summed E-state index contributed by atoms with van der Waals surface area (Å²) < 4.78 is 11.4. The second-order valence-corrected chi connectivity index (χ2v) is 9.01. The number of rotatable bonds is 11. The highest BCUT2D eigenvalue weighted by atomic mass is 16.5. The zero-order valence-corrected chi connectivity index (χ0v) is 20.2. The third-order valence-corrected chi connectivity index (χ3v) is 5.75. The molecule has 0 aliphatic carbocycles. The van der Waals surface area contributed by atoms with Crippen LogP contribution in [0.2, 0.25) is 0 Å². The first-order valence-electron chi connectivity index (χ1n) is 12.1. The second kappa shape index (κ2) is 13.0. The van der Waals surface area contributed by atoms with Crippen molar-refractivity contribution in [3.63, 3.8) is 0 Å². The normalized spacial score (nSPS) is 18.5. The lowest BCUT2D eigenvalue weighted by molar-refractivity contribution is 0.139. The van der Waals surface area contributed by atoms with Gasteiger partial charge in [-0.25, -0.2) is 9.78 Å². The van der Waals surface area contributed by atoms with Gasteiger partial charge < -0.3 is 25.0 Å². The topological polar surface area (TPSA) is 75.7 Å². The molecule has 1 fully saturated rings. The SMILES string of the molecule is CCOc1ccccc1Oc1ccc(CNC(=O)NCCCCN2CC(C)CC(C)C2)cn1. The molecule has 7 heteroatoms. The Bertz CT molecular complexity index is 849. The number of piperidine rings is 1. The number of amides is 2. The third kappa shape index (κ3) is 8.57. The van der Waals surface area contributed by atoms with Gasteiger partial charge in [-0.05, 0) is 62.3 Å². The van der Waals surface area contributed by atoms with Gasteiger partial charge >= 0.3 is 6.03 Å². The number of aromatic nitrogens is 1. The van der Waals surface area contributed by atoms with Crippen LogP contribution in [0.1, 0.15) is 45.6 Å². The Morgan fingerprint density at radius 3 is 2.52 bits per heavy atom. The standard InChI is InChI=1S/C26H38N4O3/c1-4-32-23-9-5-6-10-24(23)33-25-12-11-22(16-28-25)17-29-26(31)27-13-7-8-14-30-18-20(2)15-21(3)19-30/h5-6,9-12,16,20-21H,4,7-8,13-15,17-19H2,1-3H3,(H2,27,29,31). The zero-order valence-electron chi connectivity index (χ0n) is 20.2. The van der Waals surface area contributed by atoms with Crippen molar-refractivity contribution in [2.45, 2.75) is 46.6 Å². The Labute approximate surface area is 197 Å². The summed E-state index contributed by atoms with van der Waals surface area (Å²) in [5, 5.41) is 5.83. The average molecular weight is 455 g/mol. The number of carbonyl (C=O) groups excluding carboxylic acids is 1. The number of benzene rings is 1. The van der Waals surface area contributed by atoms with Gasteiger partial charge in [-0.15, -0.1) is 0 Å². The van der Waals surface area contributed by atoms with E-state index in [-0.39, 0.29) is 6.03 Å². The Hall–Kier alpha value is -2.80. The average Bonchev–Trinajstić information content (AvgIpc) is 2.79. The quantitative estimate of drug-likeness (QED) is 0.476. The van der Waals surface area contributed by atoms with Gasteiger partial charge in [0.25, 0.3) is 0 Å². The van der Waals surface area contributed by atoms with Crippen molar-refractivity contribution in [1.82, 2.24) is 20.5 Å². The van der Waals surface area contributed by atoms with E-state index in [4.69, 9.17) is 9.47 Å². The number of hydrogen-bond acceptors (Lipinski definition) is 5. The molecule has 0 bridgehead atoms. The molecule has 7 nitrogen and oxygen atoms in total. The van der Waals surface area contributed by atoms with Crippen LogP contribution in [0.25, 0.3) is 0 Å². The van der Waals surface area contributed by atoms with Crippen molar-refractivity contribution in [1.29, 1.82) is 0 Å². The second-order valence-electron chi connectivity index (χ2n) is 9.01. The van der Waals surface area contributed by atoms with Crippen molar-refractivity contribution in [2.75, 3.05) is 32.8 Å². The highest BCUT2D eigenvalue weighted by molar-refractivity contribution is 5.73. The van der Waals surface area contributed by atoms with E-state index in [1.54, 1.807) is 12.3 Å². The van der Waals surface area contributed by atoms with Gasteiger partial charge in [-0.2, -0.15) is 0 Å². The molecule has 1 aliphatic heterocycles. The van der Waals surface area contributed by atoms with E-state index >= 15 is 0 Å². The fraction of sp³-hybridized carbons (Fsp3) is 0.538. The molecule has 1 aromatic heterocycles. The van der Waals surface area contributed by atoms with E-state index in [1.807, 2.05) is 37.3 Å². The fourth-order valence-corrected chi connectivity index (χ4v) is 4.38. The third-order valence-electron chi connectivity index (χ3n) is 5.75. The molecule has 180 valence electrons. The van der Waals surface area contributed by atoms with Crippen molar-refractivity contribution in [3.05, 3.63) is 48.2 Å². The summed E-state index contributed by atoms with van der Waals surface area (Å²) in [4.78, 5) is 19.0. The summed E-state index contributed by atoms with van der Waals surface area (Å²) in [5.74, 6) is 3.37. The largest absolute Gasteiger partial charge is 0.490 e. The van der Waals surface area contributed by atoms with E-state index in [2.05, 4.69) is 34.4 Å². The molecule has 3 rings (SSSR count). The minimum Gasteiger partial charge on any atom is -0.490 e. The highest BCUT2D eigenvalue weighted by Gasteiger charge is 2.20. The number of unbranched alkanes of at least 4 members (excludes halogenated alkanes) is 1. The Balaban J connectivity index is 1.32. The van der Waals surface area contributed by atoms with Gasteiger partial charge in [-0.3, -0.25) is 0 Å². The molecule has 0 saturated carbocycles. The summed E-state index contributed by atoms with van der Waals surface area (Å²) in [7, 11) is 0. The van der Waals surface area contributed by atoms with E-state index < -0.39 is 0 Å². The van der Waals surface area contributed by atoms with Crippen LogP contribution in [0.15, 0.2) is 42.6 Å². The highest BCUT2D eigenvalue weighted by Crippen LogP contribution is 2.30. The van der Waals surface area contributed by atoms with Crippen LogP contribution in [-0.4, -0.2) is 48.7 Å². The van der Waals surface area contributed by atoms with Crippen LogP contribution in [0.5, 0.6) is 17.4 Å². The number of likely N-dealkylation sites (tertiary alicyclic amines) is 1. The first kappa shape index (κ1) is 24.8. The van der Waals surface area contributed by atoms with Crippen LogP contribution < -0.4 is 20.1 Å². The summed E-state index contributed by atoms with van der Waals surface area (Å²) in [6.45, 7) is 11.8. The van der Waals surface area contributed by atoms with Crippen molar-refractivity contribution in [2.24, 2.45) is 11.8 Å². The zero-order chi connectivity index (χ0) is 23.5. The number of nitrogens with one attached hydrogen (secondary N) is 2. The van der Waals surface area contributed by atoms with Crippen molar-refractivity contribution in [3.8, 4) is 17.4 Å². The number of nitrogens with zero attached hydrogens (tertiary/aromatic N) is 2. The van der Waals surface area contributed by atoms with Gasteiger partial charge in [-0.1, -0.05) is 32.0 Å².